The van der Waals surface area contributed by atoms with Gasteiger partial charge in [-0.1, -0.05) is 72.8 Å². The molecule has 0 bridgehead atoms. The molecule has 0 aliphatic carbocycles. The van der Waals surface area contributed by atoms with Crippen molar-refractivity contribution >= 4 is 10.8 Å². The molecule has 6 heteroatoms. The van der Waals surface area contributed by atoms with E-state index in [2.05, 4.69) is 6.58 Å². The Morgan fingerprint density at radius 3 is 1.95 bits per heavy atom. The molecule has 0 amide bonds. The highest BCUT2D eigenvalue weighted by Crippen LogP contribution is 2.38. The second kappa shape index (κ2) is 10.4. The Kier molecular flexibility index (Phi) is 7.04. The van der Waals surface area contributed by atoms with E-state index in [0.29, 0.717) is 28.1 Å². The zero-order chi connectivity index (χ0) is 27.7. The van der Waals surface area contributed by atoms with Crippen molar-refractivity contribution in [2.45, 2.75) is 19.0 Å². The predicted octanol–water partition coefficient (Wildman–Crippen LogP) is 10.4. The molecule has 0 unspecified atom stereocenters. The molecule has 0 radical (unpaired) electrons. The highest BCUT2D eigenvalue weighted by Gasteiger charge is 2.30. The van der Waals surface area contributed by atoms with Crippen LogP contribution >= 0.6 is 0 Å². The van der Waals surface area contributed by atoms with Gasteiger partial charge in [0, 0.05) is 22.6 Å². The molecule has 0 heterocycles. The van der Waals surface area contributed by atoms with Gasteiger partial charge in [0.15, 0.2) is 0 Å². The summed E-state index contributed by atoms with van der Waals surface area (Å²) in [6.45, 7) is 3.73. The monoisotopic (exact) mass is 532 g/mol. The molecule has 5 aromatic rings. The Labute approximate surface area is 221 Å². The van der Waals surface area contributed by atoms with Gasteiger partial charge in [0.05, 0.1) is 5.56 Å². The summed E-state index contributed by atoms with van der Waals surface area (Å²) in [4.78, 5) is 0. The molecule has 5 aromatic carbocycles. The molecule has 0 saturated carbocycles. The van der Waals surface area contributed by atoms with E-state index in [1.165, 1.54) is 0 Å². The van der Waals surface area contributed by atoms with Gasteiger partial charge in [-0.3, -0.25) is 0 Å². The van der Waals surface area contributed by atoms with Crippen LogP contribution in [0.2, 0.25) is 0 Å². The smallest absolute Gasteiger partial charge is 0.207 e. The van der Waals surface area contributed by atoms with Crippen molar-refractivity contribution in [3.63, 3.8) is 0 Å². The lowest BCUT2D eigenvalue weighted by Gasteiger charge is -2.14. The van der Waals surface area contributed by atoms with Gasteiger partial charge in [0.25, 0.3) is 0 Å². The van der Waals surface area contributed by atoms with E-state index in [1.54, 1.807) is 36.4 Å². The van der Waals surface area contributed by atoms with Crippen molar-refractivity contribution in [1.29, 1.82) is 0 Å². The fourth-order valence-electron chi connectivity index (χ4n) is 4.74. The van der Waals surface area contributed by atoms with Gasteiger partial charge in [-0.05, 0) is 64.2 Å². The molecule has 0 atom stereocenters. The van der Waals surface area contributed by atoms with Crippen molar-refractivity contribution in [2.24, 2.45) is 0 Å². The predicted molar refractivity (Wildman–Crippen MR) is 144 cm³/mol. The van der Waals surface area contributed by atoms with Crippen LogP contribution in [0.15, 0.2) is 104 Å². The quantitative estimate of drug-likeness (QED) is 0.151. The first-order valence-electron chi connectivity index (χ1n) is 12.3. The van der Waals surface area contributed by atoms with Crippen LogP contribution in [0.25, 0.3) is 44.2 Å². The van der Waals surface area contributed by atoms with Crippen molar-refractivity contribution in [2.75, 3.05) is 0 Å². The summed E-state index contributed by atoms with van der Waals surface area (Å²) in [5.41, 5.74) is 1.91. The second-order valence-electron chi connectivity index (χ2n) is 9.27. The van der Waals surface area contributed by atoms with E-state index in [-0.39, 0.29) is 22.5 Å². The van der Waals surface area contributed by atoms with E-state index in [1.807, 2.05) is 24.3 Å². The molecule has 39 heavy (non-hydrogen) atoms. The van der Waals surface area contributed by atoms with Crippen molar-refractivity contribution in [1.82, 2.24) is 0 Å². The van der Waals surface area contributed by atoms with Crippen LogP contribution in [0, 0.1) is 17.5 Å². The summed E-state index contributed by atoms with van der Waals surface area (Å²) in [6, 6.07) is 21.5. The summed E-state index contributed by atoms with van der Waals surface area (Å²) in [6.07, 6.45) is -1.06. The highest BCUT2D eigenvalue weighted by molar-refractivity contribution is 5.90. The van der Waals surface area contributed by atoms with Crippen LogP contribution in [0.4, 0.5) is 26.3 Å². The number of aryl methyl sites for hydroxylation is 1. The third-order valence-corrected chi connectivity index (χ3v) is 6.72. The zero-order valence-corrected chi connectivity index (χ0v) is 20.6. The van der Waals surface area contributed by atoms with E-state index in [9.17, 15) is 22.0 Å². The molecular weight excluding hydrogens is 510 g/mol. The fourth-order valence-corrected chi connectivity index (χ4v) is 4.74. The molecule has 0 spiro atoms. The lowest BCUT2D eigenvalue weighted by Crippen LogP contribution is -2.04. The van der Waals surface area contributed by atoms with Gasteiger partial charge >= 0.3 is 6.18 Å². The maximum atomic E-state index is 15.5. The summed E-state index contributed by atoms with van der Waals surface area (Å²) in [7, 11) is 0. The lowest BCUT2D eigenvalue weighted by molar-refractivity contribution is -0.137. The number of rotatable bonds is 6. The van der Waals surface area contributed by atoms with Crippen LogP contribution in [0.5, 0.6) is 0 Å². The molecule has 0 nitrogen and oxygen atoms in total. The number of benzene rings is 5. The molecule has 196 valence electrons. The Morgan fingerprint density at radius 1 is 0.667 bits per heavy atom. The molecular formula is C33H22F6. The van der Waals surface area contributed by atoms with Gasteiger partial charge < -0.3 is 0 Å². The number of hydrogen-bond acceptors (Lipinski definition) is 0. The number of allylic oxidation sites excluding steroid dienone is 1. The molecule has 0 fully saturated rings. The topological polar surface area (TPSA) is 0 Å². The van der Waals surface area contributed by atoms with E-state index in [4.69, 9.17) is 0 Å². The standard InChI is InChI=1S/C33H22F6/c1-2-3-4-20-5-15-28-24(17-20)12-16-27(32(28)36)21-6-8-22(9-7-21)29-18-26(34)19-30(35)31(29)23-10-13-25(14-11-23)33(37,38)39/h2,5-19H,1,3-4H2. The molecule has 0 aliphatic rings. The third-order valence-electron chi connectivity index (χ3n) is 6.72. The summed E-state index contributed by atoms with van der Waals surface area (Å²) < 4.78 is 83.6. The Bertz CT molecular complexity index is 1660. The molecule has 0 aromatic heterocycles. The molecule has 0 aliphatic heterocycles. The highest BCUT2D eigenvalue weighted by atomic mass is 19.4. The van der Waals surface area contributed by atoms with Crippen molar-refractivity contribution in [3.8, 4) is 33.4 Å². The molecule has 0 N–H and O–H groups in total. The van der Waals surface area contributed by atoms with Gasteiger partial charge in [0.2, 0.25) is 0 Å². The first-order chi connectivity index (χ1) is 18.7. The fraction of sp³-hybridized carbons (Fsp3) is 0.0909. The third kappa shape index (κ3) is 5.32. The minimum absolute atomic E-state index is 0.0259. The number of alkyl halides is 3. The number of fused-ring (bicyclic) bond motifs is 1. The first kappa shape index (κ1) is 26.3. The maximum Gasteiger partial charge on any atom is 0.416 e. The first-order valence-corrected chi connectivity index (χ1v) is 12.3. The largest absolute Gasteiger partial charge is 0.416 e. The van der Waals surface area contributed by atoms with Gasteiger partial charge in [-0.15, -0.1) is 6.58 Å². The van der Waals surface area contributed by atoms with Crippen LogP contribution in [-0.2, 0) is 12.6 Å². The summed E-state index contributed by atoms with van der Waals surface area (Å²) in [5, 5.41) is 1.27. The molecule has 0 saturated heterocycles. The van der Waals surface area contributed by atoms with Gasteiger partial charge in [0.1, 0.15) is 17.5 Å². The van der Waals surface area contributed by atoms with Crippen LogP contribution in [0.1, 0.15) is 17.5 Å². The normalized spacial score (nSPS) is 11.6. The van der Waals surface area contributed by atoms with Gasteiger partial charge in [-0.2, -0.15) is 13.2 Å². The lowest BCUT2D eigenvalue weighted by atomic mass is 9.92. The summed E-state index contributed by atoms with van der Waals surface area (Å²) >= 11 is 0. The van der Waals surface area contributed by atoms with E-state index in [0.717, 1.165) is 54.1 Å². The average Bonchev–Trinajstić information content (AvgIpc) is 2.91. The summed E-state index contributed by atoms with van der Waals surface area (Å²) in [5.74, 6) is -2.10. The van der Waals surface area contributed by atoms with Crippen molar-refractivity contribution < 1.29 is 26.3 Å². The number of halogens is 6. The Hall–Kier alpha value is -4.32. The minimum atomic E-state index is -4.54. The SMILES string of the molecule is C=CCCc1ccc2c(F)c(-c3ccc(-c4cc(F)cc(F)c4-c4ccc(C(F)(F)F)cc4)cc3)ccc2c1. The minimum Gasteiger partial charge on any atom is -0.207 e. The van der Waals surface area contributed by atoms with Crippen LogP contribution in [0.3, 0.4) is 0 Å². The van der Waals surface area contributed by atoms with Crippen LogP contribution < -0.4 is 0 Å². The maximum absolute atomic E-state index is 15.5. The van der Waals surface area contributed by atoms with Gasteiger partial charge in [-0.25, -0.2) is 13.2 Å². The molecule has 5 rings (SSSR count). The zero-order valence-electron chi connectivity index (χ0n) is 20.6. The van der Waals surface area contributed by atoms with E-state index >= 15 is 4.39 Å². The Morgan fingerprint density at radius 2 is 1.31 bits per heavy atom. The number of hydrogen-bond donors (Lipinski definition) is 0. The van der Waals surface area contributed by atoms with Crippen LogP contribution in [-0.4, -0.2) is 0 Å². The average molecular weight is 533 g/mol. The second-order valence-corrected chi connectivity index (χ2v) is 9.27. The van der Waals surface area contributed by atoms with Crippen molar-refractivity contribution in [3.05, 3.63) is 132 Å². The van der Waals surface area contributed by atoms with E-state index < -0.39 is 23.4 Å². The Balaban J connectivity index is 1.52.